The quantitative estimate of drug-likeness (QED) is 0.849. The van der Waals surface area contributed by atoms with Gasteiger partial charge in [-0.25, -0.2) is 4.39 Å². The van der Waals surface area contributed by atoms with Crippen molar-refractivity contribution in [1.82, 2.24) is 5.32 Å². The lowest BCUT2D eigenvalue weighted by Crippen LogP contribution is -2.38. The minimum Gasteiger partial charge on any atom is -0.481 e. The van der Waals surface area contributed by atoms with Crippen LogP contribution in [0.15, 0.2) is 42.5 Å². The highest BCUT2D eigenvalue weighted by Gasteiger charge is 2.20. The Kier molecular flexibility index (Phi) is 5.96. The summed E-state index contributed by atoms with van der Waals surface area (Å²) in [6.07, 6.45) is 0.133. The fourth-order valence-electron chi connectivity index (χ4n) is 2.68. The van der Waals surface area contributed by atoms with Crippen molar-refractivity contribution in [3.63, 3.8) is 0 Å². The molecule has 3 nitrogen and oxygen atoms in total. The molecule has 2 aromatic carbocycles. The average molecular weight is 329 g/mol. The summed E-state index contributed by atoms with van der Waals surface area (Å²) >= 11 is 0. The number of rotatable bonds is 6. The molecule has 24 heavy (non-hydrogen) atoms. The molecule has 0 spiro atoms. The fourth-order valence-corrected chi connectivity index (χ4v) is 2.68. The summed E-state index contributed by atoms with van der Waals surface area (Å²) in [4.78, 5) is 12.4. The van der Waals surface area contributed by atoms with Gasteiger partial charge < -0.3 is 10.1 Å². The van der Waals surface area contributed by atoms with Crippen molar-refractivity contribution in [3.8, 4) is 5.75 Å². The number of hydrogen-bond acceptors (Lipinski definition) is 2. The van der Waals surface area contributed by atoms with E-state index in [9.17, 15) is 9.18 Å². The highest BCUT2D eigenvalue weighted by molar-refractivity contribution is 5.81. The predicted octanol–water partition coefficient (Wildman–Crippen LogP) is 4.48. The number of hydrogen-bond donors (Lipinski definition) is 1. The van der Waals surface area contributed by atoms with E-state index >= 15 is 0 Å². The second-order valence-electron chi connectivity index (χ2n) is 6.04. The molecule has 1 amide bonds. The molecule has 0 aliphatic rings. The van der Waals surface area contributed by atoms with E-state index < -0.39 is 6.10 Å². The fraction of sp³-hybridized carbons (Fsp3) is 0.350. The van der Waals surface area contributed by atoms with E-state index in [1.807, 2.05) is 6.92 Å². The van der Waals surface area contributed by atoms with Crippen LogP contribution in [0.2, 0.25) is 0 Å². The van der Waals surface area contributed by atoms with Gasteiger partial charge in [0.2, 0.25) is 0 Å². The molecule has 2 aromatic rings. The third-order valence-electron chi connectivity index (χ3n) is 4.02. The van der Waals surface area contributed by atoms with Crippen molar-refractivity contribution in [3.05, 3.63) is 65.0 Å². The van der Waals surface area contributed by atoms with Crippen LogP contribution in [0.4, 0.5) is 4.39 Å². The molecule has 0 radical (unpaired) electrons. The normalized spacial score (nSPS) is 13.2. The molecule has 0 aliphatic heterocycles. The molecule has 0 saturated carbocycles. The maximum atomic E-state index is 12.9. The van der Waals surface area contributed by atoms with Crippen molar-refractivity contribution in [1.29, 1.82) is 0 Å². The molecule has 0 heterocycles. The standard InChI is InChI=1S/C20H24FNO2/c1-5-19(18-11-6-13(2)12-14(18)3)22-20(23)15(4)24-17-9-7-16(21)8-10-17/h6-12,15,19H,5H2,1-4H3,(H,22,23)/t15-,19+/m1/s1. The highest BCUT2D eigenvalue weighted by Crippen LogP contribution is 2.22. The lowest BCUT2D eigenvalue weighted by molar-refractivity contribution is -0.128. The Morgan fingerprint density at radius 2 is 1.83 bits per heavy atom. The lowest BCUT2D eigenvalue weighted by atomic mass is 9.97. The number of halogens is 1. The predicted molar refractivity (Wildman–Crippen MR) is 93.6 cm³/mol. The number of aryl methyl sites for hydroxylation is 2. The van der Waals surface area contributed by atoms with Crippen LogP contribution in [-0.4, -0.2) is 12.0 Å². The van der Waals surface area contributed by atoms with Gasteiger partial charge in [-0.05, 0) is 62.6 Å². The van der Waals surface area contributed by atoms with E-state index in [-0.39, 0.29) is 17.8 Å². The minimum absolute atomic E-state index is 0.0580. The summed E-state index contributed by atoms with van der Waals surface area (Å²) in [6.45, 7) is 7.83. The van der Waals surface area contributed by atoms with Gasteiger partial charge in [-0.15, -0.1) is 0 Å². The van der Waals surface area contributed by atoms with Gasteiger partial charge in [-0.3, -0.25) is 4.79 Å². The monoisotopic (exact) mass is 329 g/mol. The Balaban J connectivity index is 2.04. The van der Waals surface area contributed by atoms with Gasteiger partial charge in [0.1, 0.15) is 11.6 Å². The van der Waals surface area contributed by atoms with Crippen molar-refractivity contribution in [2.45, 2.75) is 46.3 Å². The average Bonchev–Trinajstić information content (AvgIpc) is 2.55. The SMILES string of the molecule is CC[C@H](NC(=O)[C@@H](C)Oc1ccc(F)cc1)c1ccc(C)cc1C. The number of nitrogens with one attached hydrogen (secondary N) is 1. The molecule has 1 N–H and O–H groups in total. The molecule has 0 aromatic heterocycles. The first kappa shape index (κ1) is 18.0. The Hall–Kier alpha value is -2.36. The summed E-state index contributed by atoms with van der Waals surface area (Å²) in [7, 11) is 0. The summed E-state index contributed by atoms with van der Waals surface area (Å²) in [5.74, 6) is -0.0508. The molecule has 4 heteroatoms. The number of carbonyl (C=O) groups excluding carboxylic acids is 1. The Morgan fingerprint density at radius 3 is 2.42 bits per heavy atom. The summed E-state index contributed by atoms with van der Waals surface area (Å²) in [6, 6.07) is 11.8. The zero-order valence-electron chi connectivity index (χ0n) is 14.6. The first-order valence-electron chi connectivity index (χ1n) is 8.20. The maximum absolute atomic E-state index is 12.9. The van der Waals surface area contributed by atoms with Crippen molar-refractivity contribution >= 4 is 5.91 Å². The largest absolute Gasteiger partial charge is 0.481 e. The summed E-state index contributed by atoms with van der Waals surface area (Å²) in [5.41, 5.74) is 3.48. The van der Waals surface area contributed by atoms with Crippen LogP contribution < -0.4 is 10.1 Å². The van der Waals surface area contributed by atoms with E-state index in [4.69, 9.17) is 4.74 Å². The van der Waals surface area contributed by atoms with Crippen LogP contribution in [0.5, 0.6) is 5.75 Å². The molecule has 2 rings (SSSR count). The van der Waals surface area contributed by atoms with Gasteiger partial charge in [0.15, 0.2) is 6.10 Å². The third kappa shape index (κ3) is 4.57. The number of benzene rings is 2. The number of ether oxygens (including phenoxy) is 1. The highest BCUT2D eigenvalue weighted by atomic mass is 19.1. The van der Waals surface area contributed by atoms with Gasteiger partial charge >= 0.3 is 0 Å². The second-order valence-corrected chi connectivity index (χ2v) is 6.04. The zero-order valence-corrected chi connectivity index (χ0v) is 14.6. The number of carbonyl (C=O) groups is 1. The van der Waals surface area contributed by atoms with Gasteiger partial charge in [-0.1, -0.05) is 30.7 Å². The number of amides is 1. The van der Waals surface area contributed by atoms with Gasteiger partial charge in [0, 0.05) is 0 Å². The Morgan fingerprint density at radius 1 is 1.17 bits per heavy atom. The van der Waals surface area contributed by atoms with Crippen molar-refractivity contribution in [2.24, 2.45) is 0 Å². The van der Waals surface area contributed by atoms with Crippen LogP contribution in [-0.2, 0) is 4.79 Å². The molecule has 0 aliphatic carbocycles. The molecule has 2 atom stereocenters. The molecule has 0 saturated heterocycles. The topological polar surface area (TPSA) is 38.3 Å². The molecule has 0 fully saturated rings. The van der Waals surface area contributed by atoms with Crippen molar-refractivity contribution in [2.75, 3.05) is 0 Å². The van der Waals surface area contributed by atoms with E-state index in [1.165, 1.54) is 29.8 Å². The van der Waals surface area contributed by atoms with Crippen molar-refractivity contribution < 1.29 is 13.9 Å². The summed E-state index contributed by atoms with van der Waals surface area (Å²) in [5, 5.41) is 3.04. The maximum Gasteiger partial charge on any atom is 0.261 e. The minimum atomic E-state index is -0.657. The van der Waals surface area contributed by atoms with Gasteiger partial charge in [0.05, 0.1) is 6.04 Å². The first-order chi connectivity index (χ1) is 11.4. The smallest absolute Gasteiger partial charge is 0.261 e. The van der Waals surface area contributed by atoms with Crippen LogP contribution >= 0.6 is 0 Å². The molecular formula is C20H24FNO2. The van der Waals surface area contributed by atoms with Crippen LogP contribution in [0.25, 0.3) is 0 Å². The Labute approximate surface area is 142 Å². The third-order valence-corrected chi connectivity index (χ3v) is 4.02. The van der Waals surface area contributed by atoms with Gasteiger partial charge in [0.25, 0.3) is 5.91 Å². The molecule has 0 bridgehead atoms. The van der Waals surface area contributed by atoms with E-state index in [0.29, 0.717) is 5.75 Å². The molecule has 0 unspecified atom stereocenters. The lowest BCUT2D eigenvalue weighted by Gasteiger charge is -2.22. The Bertz CT molecular complexity index is 697. The van der Waals surface area contributed by atoms with Gasteiger partial charge in [-0.2, -0.15) is 0 Å². The molecular weight excluding hydrogens is 305 g/mol. The second kappa shape index (κ2) is 7.95. The van der Waals surface area contributed by atoms with E-state index in [1.54, 1.807) is 6.92 Å². The first-order valence-corrected chi connectivity index (χ1v) is 8.20. The van der Waals surface area contributed by atoms with Crippen LogP contribution in [0.1, 0.15) is 43.0 Å². The van der Waals surface area contributed by atoms with Crippen LogP contribution in [0.3, 0.4) is 0 Å². The van der Waals surface area contributed by atoms with E-state index in [0.717, 1.165) is 17.5 Å². The molecule has 128 valence electrons. The van der Waals surface area contributed by atoms with Crippen LogP contribution in [0, 0.1) is 19.7 Å². The summed E-state index contributed by atoms with van der Waals surface area (Å²) < 4.78 is 18.5. The zero-order chi connectivity index (χ0) is 17.7. The van der Waals surface area contributed by atoms with E-state index in [2.05, 4.69) is 37.4 Å².